The van der Waals surface area contributed by atoms with Gasteiger partial charge in [0, 0.05) is 49.3 Å². The summed E-state index contributed by atoms with van der Waals surface area (Å²) in [4.78, 5) is 5.26. The maximum absolute atomic E-state index is 15.1. The van der Waals surface area contributed by atoms with Crippen molar-refractivity contribution in [1.82, 2.24) is 14.4 Å². The van der Waals surface area contributed by atoms with E-state index in [1.807, 2.05) is 13.0 Å². The van der Waals surface area contributed by atoms with Crippen LogP contribution in [0.1, 0.15) is 146 Å². The summed E-state index contributed by atoms with van der Waals surface area (Å²) in [6.07, 6.45) is 16.6. The van der Waals surface area contributed by atoms with Crippen LogP contribution in [0.5, 0.6) is 0 Å². The molecular formula is C43H68F3N3S. The zero-order chi connectivity index (χ0) is 35.9. The molecule has 1 saturated heterocycles. The van der Waals surface area contributed by atoms with E-state index in [2.05, 4.69) is 53.8 Å². The molecule has 1 aromatic heterocycles. The number of aryl methyl sites for hydroxylation is 3. The van der Waals surface area contributed by atoms with Crippen molar-refractivity contribution in [3.8, 4) is 0 Å². The molecule has 0 unspecified atom stereocenters. The highest BCUT2D eigenvalue weighted by Crippen LogP contribution is 2.44. The predicted molar refractivity (Wildman–Crippen MR) is 213 cm³/mol. The summed E-state index contributed by atoms with van der Waals surface area (Å²) in [7, 11) is 0. The van der Waals surface area contributed by atoms with E-state index >= 15 is 13.2 Å². The minimum Gasteiger partial charge on any atom is -0.344 e. The van der Waals surface area contributed by atoms with Crippen molar-refractivity contribution in [2.75, 3.05) is 45.0 Å². The van der Waals surface area contributed by atoms with Crippen molar-refractivity contribution in [2.24, 2.45) is 0 Å². The van der Waals surface area contributed by atoms with E-state index in [4.69, 9.17) is 0 Å². The molecule has 1 saturated carbocycles. The van der Waals surface area contributed by atoms with Gasteiger partial charge in [0.15, 0.2) is 0 Å². The topological polar surface area (TPSA) is 11.4 Å². The lowest BCUT2D eigenvalue weighted by Gasteiger charge is -2.34. The molecule has 0 radical (unpaired) electrons. The van der Waals surface area contributed by atoms with Gasteiger partial charge in [0.2, 0.25) is 0 Å². The molecule has 2 aromatic rings. The fraction of sp³-hybridized carbons (Fsp3) is 0.721. The van der Waals surface area contributed by atoms with E-state index in [1.54, 1.807) is 0 Å². The molecule has 3 nitrogen and oxygen atoms in total. The second-order valence-electron chi connectivity index (χ2n) is 15.2. The van der Waals surface area contributed by atoms with Crippen LogP contribution in [-0.4, -0.2) is 65.6 Å². The number of piperazine rings is 1. The van der Waals surface area contributed by atoms with Gasteiger partial charge in [0.1, 0.15) is 0 Å². The second kappa shape index (κ2) is 21.1. The smallest absolute Gasteiger partial charge is 0.344 e. The Bertz CT molecular complexity index is 1370. The molecule has 0 spiro atoms. The van der Waals surface area contributed by atoms with Crippen molar-refractivity contribution in [2.45, 2.75) is 156 Å². The Balaban J connectivity index is 1.40. The quantitative estimate of drug-likeness (QED) is 0.102. The Labute approximate surface area is 308 Å². The minimum absolute atomic E-state index is 0.445. The van der Waals surface area contributed by atoms with Crippen molar-refractivity contribution in [3.63, 3.8) is 0 Å². The molecule has 7 heteroatoms. The van der Waals surface area contributed by atoms with Crippen LogP contribution in [0.25, 0.3) is 16.5 Å². The molecule has 0 atom stereocenters. The molecule has 0 amide bonds. The average molecular weight is 716 g/mol. The summed E-state index contributed by atoms with van der Waals surface area (Å²) in [6, 6.07) is 4.15. The Hall–Kier alpha value is -1.70. The van der Waals surface area contributed by atoms with Gasteiger partial charge in [-0.05, 0) is 132 Å². The second-order valence-corrected chi connectivity index (χ2v) is 15.7. The molecule has 1 aliphatic heterocycles. The van der Waals surface area contributed by atoms with Crippen LogP contribution < -0.4 is 0 Å². The molecule has 1 aliphatic carbocycles. The van der Waals surface area contributed by atoms with Crippen molar-refractivity contribution in [1.29, 1.82) is 0 Å². The third kappa shape index (κ3) is 11.7. The highest BCUT2D eigenvalue weighted by molar-refractivity contribution is 7.80. The lowest BCUT2D eigenvalue weighted by Crippen LogP contribution is -2.46. The summed E-state index contributed by atoms with van der Waals surface area (Å²) >= 11 is 4.34. The van der Waals surface area contributed by atoms with E-state index in [-0.39, 0.29) is 0 Å². The molecule has 2 aliphatic rings. The van der Waals surface area contributed by atoms with Crippen molar-refractivity contribution < 1.29 is 13.2 Å². The van der Waals surface area contributed by atoms with Crippen LogP contribution >= 0.6 is 12.6 Å². The van der Waals surface area contributed by atoms with Crippen molar-refractivity contribution >= 4 is 29.1 Å². The molecule has 50 heavy (non-hydrogen) atoms. The van der Waals surface area contributed by atoms with Gasteiger partial charge in [-0.2, -0.15) is 25.8 Å². The van der Waals surface area contributed by atoms with Gasteiger partial charge in [0.05, 0.1) is 5.57 Å². The normalized spacial score (nSPS) is 16.7. The van der Waals surface area contributed by atoms with Crippen LogP contribution in [0.2, 0.25) is 0 Å². The van der Waals surface area contributed by atoms with Gasteiger partial charge in [-0.25, -0.2) is 0 Å². The fourth-order valence-corrected chi connectivity index (χ4v) is 8.64. The Kier molecular flexibility index (Phi) is 17.3. The maximum Gasteiger partial charge on any atom is 0.417 e. The zero-order valence-corrected chi connectivity index (χ0v) is 32.9. The van der Waals surface area contributed by atoms with Crippen LogP contribution in [0.4, 0.5) is 13.2 Å². The average Bonchev–Trinajstić information content (AvgIpc) is 3.73. The molecule has 1 aromatic carbocycles. The van der Waals surface area contributed by atoms with E-state index in [0.29, 0.717) is 12.0 Å². The summed E-state index contributed by atoms with van der Waals surface area (Å²) < 4.78 is 47.8. The SMILES string of the molecule is CCCCc1ccc2c(c(C)c(CCC)n2CCCCCCCCCN2CCN(CCCCS)CC2)c1/C(=C\C(C)=C1CCCC1)C(F)(F)F. The molecule has 4 rings (SSSR count). The number of nitrogens with zero attached hydrogens (tertiary/aromatic N) is 3. The lowest BCUT2D eigenvalue weighted by molar-refractivity contribution is -0.0689. The minimum atomic E-state index is -4.42. The maximum atomic E-state index is 15.1. The van der Waals surface area contributed by atoms with Crippen LogP contribution in [0.3, 0.4) is 0 Å². The number of rotatable bonds is 21. The van der Waals surface area contributed by atoms with Gasteiger partial charge in [-0.3, -0.25) is 0 Å². The number of benzene rings is 1. The molecular weight excluding hydrogens is 648 g/mol. The summed E-state index contributed by atoms with van der Waals surface area (Å²) in [5, 5.41) is 0.838. The van der Waals surface area contributed by atoms with Gasteiger partial charge in [-0.15, -0.1) is 0 Å². The number of thiol groups is 1. The Morgan fingerprint density at radius 3 is 1.90 bits per heavy atom. The molecule has 0 bridgehead atoms. The van der Waals surface area contributed by atoms with Crippen LogP contribution in [0, 0.1) is 6.92 Å². The largest absolute Gasteiger partial charge is 0.417 e. The first-order valence-corrected chi connectivity index (χ1v) is 21.0. The van der Waals surface area contributed by atoms with E-state index in [1.165, 1.54) is 108 Å². The van der Waals surface area contributed by atoms with Crippen molar-refractivity contribution in [3.05, 3.63) is 51.7 Å². The number of unbranched alkanes of at least 4 members (excludes halogenated alkanes) is 8. The molecule has 2 heterocycles. The Morgan fingerprint density at radius 2 is 1.34 bits per heavy atom. The summed E-state index contributed by atoms with van der Waals surface area (Å²) in [5.74, 6) is 0.996. The highest BCUT2D eigenvalue weighted by Gasteiger charge is 2.38. The number of aromatic nitrogens is 1. The molecule has 0 N–H and O–H groups in total. The molecule has 2 fully saturated rings. The zero-order valence-electron chi connectivity index (χ0n) is 32.0. The number of hydrogen-bond donors (Lipinski definition) is 1. The lowest BCUT2D eigenvalue weighted by atomic mass is 9.89. The van der Waals surface area contributed by atoms with Gasteiger partial charge < -0.3 is 14.4 Å². The monoisotopic (exact) mass is 716 g/mol. The first kappa shape index (κ1) is 41.1. The number of hydrogen-bond acceptors (Lipinski definition) is 3. The van der Waals surface area contributed by atoms with Crippen LogP contribution in [-0.2, 0) is 19.4 Å². The number of allylic oxidation sites excluding steroid dienone is 4. The summed E-state index contributed by atoms with van der Waals surface area (Å²) in [6.45, 7) is 16.4. The fourth-order valence-electron chi connectivity index (χ4n) is 8.41. The van der Waals surface area contributed by atoms with E-state index < -0.39 is 11.7 Å². The highest BCUT2D eigenvalue weighted by atomic mass is 32.1. The van der Waals surface area contributed by atoms with E-state index in [9.17, 15) is 0 Å². The van der Waals surface area contributed by atoms with Gasteiger partial charge >= 0.3 is 6.18 Å². The third-order valence-electron chi connectivity index (χ3n) is 11.4. The first-order valence-electron chi connectivity index (χ1n) is 20.4. The summed E-state index contributed by atoms with van der Waals surface area (Å²) in [5.41, 5.74) is 6.11. The predicted octanol–water partition coefficient (Wildman–Crippen LogP) is 12.1. The number of alkyl halides is 3. The number of fused-ring (bicyclic) bond motifs is 1. The van der Waals surface area contributed by atoms with Gasteiger partial charge in [0.25, 0.3) is 0 Å². The molecule has 282 valence electrons. The van der Waals surface area contributed by atoms with Crippen LogP contribution in [0.15, 0.2) is 29.4 Å². The van der Waals surface area contributed by atoms with Gasteiger partial charge in [-0.1, -0.05) is 76.0 Å². The first-order chi connectivity index (χ1) is 24.2. The van der Waals surface area contributed by atoms with E-state index in [0.717, 1.165) is 97.7 Å². The Morgan fingerprint density at radius 1 is 0.760 bits per heavy atom. The number of halogens is 3. The standard InChI is InChI=1S/C43H68F3N3S/c1-5-7-20-37-23-24-40-41(42(37)38(43(44,45)46)33-34(3)36-21-13-14-22-36)35(4)39(19-6-2)49(40)27-16-12-10-8-9-11-15-25-47-28-30-48(31-29-47)26-17-18-32-50/h23-24,33,50H,5-22,25-32H2,1-4H3/b38-33+. The third-order valence-corrected chi connectivity index (χ3v) is 11.7.